The van der Waals surface area contributed by atoms with Crippen LogP contribution in [-0.4, -0.2) is 16.1 Å². The summed E-state index contributed by atoms with van der Waals surface area (Å²) < 4.78 is 1.41. The molecule has 104 valence electrons. The number of carbonyl (C=O) groups excluding carboxylic acids is 1. The van der Waals surface area contributed by atoms with Gasteiger partial charge in [0.15, 0.2) is 0 Å². The van der Waals surface area contributed by atoms with Gasteiger partial charge >= 0.3 is 0 Å². The minimum absolute atomic E-state index is 0.0861. The molecule has 0 aliphatic carbocycles. The lowest BCUT2D eigenvalue weighted by molar-refractivity contribution is 0.102. The third-order valence-corrected chi connectivity index (χ3v) is 4.16. The highest BCUT2D eigenvalue weighted by Gasteiger charge is 2.16. The van der Waals surface area contributed by atoms with Gasteiger partial charge in [0.05, 0.1) is 14.8 Å². The van der Waals surface area contributed by atoms with Crippen molar-refractivity contribution in [3.8, 4) is 11.5 Å². The second-order valence-corrected chi connectivity index (χ2v) is 6.74. The molecular weight excluding hydrogens is 507 g/mol. The first kappa shape index (κ1) is 15.6. The Morgan fingerprint density at radius 2 is 1.85 bits per heavy atom. The number of phenols is 2. The number of anilines is 1. The second kappa shape index (κ2) is 6.35. The van der Waals surface area contributed by atoms with Gasteiger partial charge in [-0.05, 0) is 69.4 Å². The smallest absolute Gasteiger partial charge is 0.259 e. The number of hydrogen-bond acceptors (Lipinski definition) is 3. The molecule has 0 spiro atoms. The molecule has 20 heavy (non-hydrogen) atoms. The molecule has 0 atom stereocenters. The van der Waals surface area contributed by atoms with Gasteiger partial charge in [0, 0.05) is 14.7 Å². The lowest BCUT2D eigenvalue weighted by Crippen LogP contribution is -2.13. The molecule has 0 saturated carbocycles. The van der Waals surface area contributed by atoms with Crippen LogP contribution >= 0.6 is 56.8 Å². The summed E-state index contributed by atoms with van der Waals surface area (Å²) >= 11 is 9.73. The Morgan fingerprint density at radius 1 is 1.15 bits per heavy atom. The first-order valence-corrected chi connectivity index (χ1v) is 7.90. The molecular formula is C13H8ClI2NO3. The van der Waals surface area contributed by atoms with Crippen molar-refractivity contribution >= 4 is 68.4 Å². The highest BCUT2D eigenvalue weighted by molar-refractivity contribution is 14.1. The standard InChI is InChI=1S/C13H8ClI2NO3/c14-6-1-2-10(11(18)3-6)17-13(20)8-4-7(15)5-9(16)12(8)19/h1-5,18-19H,(H,17,20). The number of benzene rings is 2. The number of nitrogens with one attached hydrogen (secondary N) is 1. The summed E-state index contributed by atoms with van der Waals surface area (Å²) in [5.41, 5.74) is 0.378. The van der Waals surface area contributed by atoms with Crippen LogP contribution in [0.5, 0.6) is 11.5 Å². The van der Waals surface area contributed by atoms with Crippen LogP contribution in [0.4, 0.5) is 5.69 Å². The molecule has 4 nitrogen and oxygen atoms in total. The van der Waals surface area contributed by atoms with Crippen molar-refractivity contribution in [3.63, 3.8) is 0 Å². The third-order valence-electron chi connectivity index (χ3n) is 2.48. The van der Waals surface area contributed by atoms with E-state index in [2.05, 4.69) is 27.9 Å². The Hall–Kier alpha value is -0.740. The van der Waals surface area contributed by atoms with Crippen LogP contribution in [0.1, 0.15) is 10.4 Å². The Labute approximate surface area is 147 Å². The molecule has 0 radical (unpaired) electrons. The van der Waals surface area contributed by atoms with Crippen LogP contribution in [0.3, 0.4) is 0 Å². The number of hydrogen-bond donors (Lipinski definition) is 3. The first-order valence-electron chi connectivity index (χ1n) is 5.36. The van der Waals surface area contributed by atoms with E-state index < -0.39 is 5.91 Å². The Kier molecular flexibility index (Phi) is 4.97. The fraction of sp³-hybridized carbons (Fsp3) is 0. The molecule has 0 aliphatic heterocycles. The van der Waals surface area contributed by atoms with E-state index in [1.807, 2.05) is 22.6 Å². The van der Waals surface area contributed by atoms with Crippen LogP contribution in [0.25, 0.3) is 0 Å². The van der Waals surface area contributed by atoms with E-state index in [4.69, 9.17) is 11.6 Å². The van der Waals surface area contributed by atoms with Crippen molar-refractivity contribution in [2.24, 2.45) is 0 Å². The van der Waals surface area contributed by atoms with E-state index in [0.29, 0.717) is 8.59 Å². The van der Waals surface area contributed by atoms with E-state index in [9.17, 15) is 15.0 Å². The molecule has 0 fully saturated rings. The molecule has 1 amide bonds. The summed E-state index contributed by atoms with van der Waals surface area (Å²) in [7, 11) is 0. The Balaban J connectivity index is 2.33. The molecule has 0 unspecified atom stereocenters. The molecule has 0 aromatic heterocycles. The molecule has 2 rings (SSSR count). The molecule has 7 heteroatoms. The quantitative estimate of drug-likeness (QED) is 0.415. The maximum Gasteiger partial charge on any atom is 0.259 e. The lowest BCUT2D eigenvalue weighted by atomic mass is 10.2. The van der Waals surface area contributed by atoms with E-state index in [0.717, 1.165) is 3.57 Å². The largest absolute Gasteiger partial charge is 0.506 e. The second-order valence-electron chi connectivity index (χ2n) is 3.90. The van der Waals surface area contributed by atoms with E-state index in [-0.39, 0.29) is 22.7 Å². The summed E-state index contributed by atoms with van der Waals surface area (Å²) in [4.78, 5) is 12.2. The Morgan fingerprint density at radius 3 is 2.50 bits per heavy atom. The fourth-order valence-electron chi connectivity index (χ4n) is 1.54. The minimum Gasteiger partial charge on any atom is -0.506 e. The highest BCUT2D eigenvalue weighted by atomic mass is 127. The molecule has 0 heterocycles. The van der Waals surface area contributed by atoms with Crippen LogP contribution in [0, 0.1) is 7.14 Å². The lowest BCUT2D eigenvalue weighted by Gasteiger charge is -2.10. The summed E-state index contributed by atoms with van der Waals surface area (Å²) in [5.74, 6) is -0.723. The summed E-state index contributed by atoms with van der Waals surface area (Å²) in [6.07, 6.45) is 0. The van der Waals surface area contributed by atoms with Gasteiger partial charge in [-0.2, -0.15) is 0 Å². The van der Waals surface area contributed by atoms with Gasteiger partial charge < -0.3 is 15.5 Å². The van der Waals surface area contributed by atoms with E-state index in [1.165, 1.54) is 12.1 Å². The van der Waals surface area contributed by atoms with Gasteiger partial charge in [0.1, 0.15) is 11.5 Å². The summed E-state index contributed by atoms with van der Waals surface area (Å²) in [5, 5.41) is 22.5. The van der Waals surface area contributed by atoms with Crippen LogP contribution < -0.4 is 5.32 Å². The molecule has 3 N–H and O–H groups in total. The zero-order chi connectivity index (χ0) is 14.9. The zero-order valence-corrected chi connectivity index (χ0v) is 14.9. The van der Waals surface area contributed by atoms with Gasteiger partial charge in [-0.1, -0.05) is 11.6 Å². The predicted octanol–water partition coefficient (Wildman–Crippen LogP) is 4.21. The average Bonchev–Trinajstić information content (AvgIpc) is 2.37. The summed E-state index contributed by atoms with van der Waals surface area (Å²) in [6, 6.07) is 7.70. The monoisotopic (exact) mass is 515 g/mol. The number of aromatic hydroxyl groups is 2. The molecule has 2 aromatic carbocycles. The summed E-state index contributed by atoms with van der Waals surface area (Å²) in [6.45, 7) is 0. The normalized spacial score (nSPS) is 10.3. The predicted molar refractivity (Wildman–Crippen MR) is 94.6 cm³/mol. The maximum absolute atomic E-state index is 12.2. The molecule has 0 bridgehead atoms. The third kappa shape index (κ3) is 3.47. The van der Waals surface area contributed by atoms with Crippen LogP contribution in [-0.2, 0) is 0 Å². The zero-order valence-electron chi connectivity index (χ0n) is 9.82. The van der Waals surface area contributed by atoms with Crippen molar-refractivity contribution in [3.05, 3.63) is 48.1 Å². The first-order chi connectivity index (χ1) is 9.38. The van der Waals surface area contributed by atoms with Gasteiger partial charge in [0.25, 0.3) is 5.91 Å². The SMILES string of the molecule is O=C(Nc1ccc(Cl)cc1O)c1cc(I)cc(I)c1O. The maximum atomic E-state index is 12.2. The number of amides is 1. The number of carbonyl (C=O) groups is 1. The number of rotatable bonds is 2. The van der Waals surface area contributed by atoms with Crippen molar-refractivity contribution in [2.75, 3.05) is 5.32 Å². The van der Waals surface area contributed by atoms with Crippen molar-refractivity contribution in [1.29, 1.82) is 0 Å². The van der Waals surface area contributed by atoms with Gasteiger partial charge in [-0.15, -0.1) is 0 Å². The van der Waals surface area contributed by atoms with Crippen molar-refractivity contribution in [2.45, 2.75) is 0 Å². The highest BCUT2D eigenvalue weighted by Crippen LogP contribution is 2.30. The Bertz CT molecular complexity index is 692. The van der Waals surface area contributed by atoms with E-state index >= 15 is 0 Å². The van der Waals surface area contributed by atoms with Gasteiger partial charge in [0.2, 0.25) is 0 Å². The van der Waals surface area contributed by atoms with Crippen LogP contribution in [0.2, 0.25) is 5.02 Å². The van der Waals surface area contributed by atoms with Crippen LogP contribution in [0.15, 0.2) is 30.3 Å². The minimum atomic E-state index is -0.503. The van der Waals surface area contributed by atoms with Crippen molar-refractivity contribution in [1.82, 2.24) is 0 Å². The van der Waals surface area contributed by atoms with Gasteiger partial charge in [-0.3, -0.25) is 4.79 Å². The number of halogens is 3. The topological polar surface area (TPSA) is 69.6 Å². The van der Waals surface area contributed by atoms with Crippen molar-refractivity contribution < 1.29 is 15.0 Å². The fourth-order valence-corrected chi connectivity index (χ4v) is 3.55. The molecule has 2 aromatic rings. The molecule has 0 saturated heterocycles. The average molecular weight is 515 g/mol. The van der Waals surface area contributed by atoms with E-state index in [1.54, 1.807) is 18.2 Å². The van der Waals surface area contributed by atoms with Gasteiger partial charge in [-0.25, -0.2) is 0 Å². The molecule has 0 aliphatic rings. The number of phenolic OH excluding ortho intramolecular Hbond substituents is 2.